The van der Waals surface area contributed by atoms with E-state index in [4.69, 9.17) is 0 Å². The molecule has 0 N–H and O–H groups in total. The standard InChI is InChI=1S/C90H65N/c1-46-15-18-56(19-16-46)78-77-45-63(91(61-37-52(7)31-53(8)38-61)62-39-54(9)32-55(10)40-62)44-76-73-41-47(2)17-20-68(73)86(85(76)77)90-72-28-24-67-65-23-27-71-83-70(26-22-64(81(65)83)66-21-25-69(87(78)90)84(72)82(66)67)88-79(59-33-48(3)29-49(4)34-59)74-42-57-13-11-12-14-58(57)43-75(74)80(89(71)88)60-35-50(5)30-51(6)36-60/h11-45H,1-10H3. The zero-order valence-electron chi connectivity index (χ0n) is 53.2. The summed E-state index contributed by atoms with van der Waals surface area (Å²) in [6, 6.07) is 84.0. The third-order valence-electron chi connectivity index (χ3n) is 20.8. The van der Waals surface area contributed by atoms with Crippen LogP contribution in [0.15, 0.2) is 212 Å². The third-order valence-corrected chi connectivity index (χ3v) is 20.8. The average Bonchev–Trinajstić information content (AvgIpc) is 1.53. The first-order chi connectivity index (χ1) is 44.2. The van der Waals surface area contributed by atoms with Crippen molar-refractivity contribution in [3.05, 3.63) is 268 Å². The molecule has 18 aromatic rings. The second-order valence-electron chi connectivity index (χ2n) is 27.5. The van der Waals surface area contributed by atoms with Crippen LogP contribution in [0, 0.1) is 69.2 Å². The molecule has 0 amide bonds. The summed E-state index contributed by atoms with van der Waals surface area (Å²) in [5, 5.41) is 29.0. The van der Waals surface area contributed by atoms with Crippen LogP contribution in [0.2, 0.25) is 0 Å². The highest BCUT2D eigenvalue weighted by Gasteiger charge is 2.34. The molecule has 0 spiro atoms. The summed E-state index contributed by atoms with van der Waals surface area (Å²) in [6.45, 7) is 22.4. The summed E-state index contributed by atoms with van der Waals surface area (Å²) < 4.78 is 0. The van der Waals surface area contributed by atoms with Crippen molar-refractivity contribution < 1.29 is 0 Å². The van der Waals surface area contributed by atoms with Gasteiger partial charge < -0.3 is 4.90 Å². The number of anilines is 3. The smallest absolute Gasteiger partial charge is 0.0474 e. The lowest BCUT2D eigenvalue weighted by Crippen LogP contribution is -2.11. The van der Waals surface area contributed by atoms with Gasteiger partial charge in [-0.3, -0.25) is 0 Å². The molecule has 19 rings (SSSR count). The molecule has 1 nitrogen and oxygen atoms in total. The zero-order chi connectivity index (χ0) is 61.3. The molecule has 0 atom stereocenters. The van der Waals surface area contributed by atoms with Gasteiger partial charge in [-0.2, -0.15) is 0 Å². The zero-order valence-corrected chi connectivity index (χ0v) is 53.2. The summed E-state index contributed by atoms with van der Waals surface area (Å²) in [7, 11) is 0. The number of rotatable bonds is 6. The van der Waals surface area contributed by atoms with Crippen molar-refractivity contribution in [1.29, 1.82) is 0 Å². The Morgan fingerprint density at radius 1 is 0.187 bits per heavy atom. The molecular formula is C90H65N. The van der Waals surface area contributed by atoms with Crippen molar-refractivity contribution in [1.82, 2.24) is 0 Å². The molecule has 0 aliphatic heterocycles. The van der Waals surface area contributed by atoms with Crippen LogP contribution in [0.4, 0.5) is 17.1 Å². The van der Waals surface area contributed by atoms with Crippen LogP contribution < -0.4 is 4.90 Å². The SMILES string of the molecule is Cc1ccc(-c2c3cc(N(c4cc(C)cc(C)c4)c4cc(C)cc(C)c4)cc4c5cc(C)ccc5c(c34)c3c4ccc5c6ccc7c8c(ccc(c9ccc(c23)c4c95)c86)-c2c-7c(-c3cc(C)cc(C)c3)c3cc4ccccc4cc3c2-c2cc(C)cc(C)c2)cc1. The van der Waals surface area contributed by atoms with Gasteiger partial charge in [0, 0.05) is 17.1 Å². The van der Waals surface area contributed by atoms with E-state index in [0.717, 1.165) is 5.69 Å². The fourth-order valence-corrected chi connectivity index (χ4v) is 17.8. The maximum Gasteiger partial charge on any atom is 0.0474 e. The van der Waals surface area contributed by atoms with Crippen molar-refractivity contribution >= 4 is 136 Å². The van der Waals surface area contributed by atoms with Crippen LogP contribution in [0.25, 0.3) is 174 Å². The van der Waals surface area contributed by atoms with Crippen LogP contribution in [-0.4, -0.2) is 0 Å². The van der Waals surface area contributed by atoms with Crippen LogP contribution in [0.5, 0.6) is 0 Å². The Morgan fingerprint density at radius 3 is 1.08 bits per heavy atom. The Kier molecular flexibility index (Phi) is 10.6. The first-order valence-corrected chi connectivity index (χ1v) is 32.4. The maximum atomic E-state index is 2.54. The van der Waals surface area contributed by atoms with Crippen LogP contribution >= 0.6 is 0 Å². The van der Waals surface area contributed by atoms with Crippen LogP contribution in [0.3, 0.4) is 0 Å². The van der Waals surface area contributed by atoms with Gasteiger partial charge in [-0.15, -0.1) is 0 Å². The summed E-state index contributed by atoms with van der Waals surface area (Å²) in [5.74, 6) is 0. The number of hydrogen-bond donors (Lipinski definition) is 0. The molecule has 0 saturated carbocycles. The van der Waals surface area contributed by atoms with E-state index in [1.165, 1.54) is 241 Å². The Bertz CT molecular complexity index is 5980. The first kappa shape index (κ1) is 52.3. The lowest BCUT2D eigenvalue weighted by molar-refractivity contribution is 1.24. The molecule has 18 aromatic carbocycles. The van der Waals surface area contributed by atoms with Crippen molar-refractivity contribution in [2.45, 2.75) is 69.2 Å². The Morgan fingerprint density at radius 2 is 0.560 bits per heavy atom. The van der Waals surface area contributed by atoms with Gasteiger partial charge in [0.25, 0.3) is 0 Å². The predicted molar refractivity (Wildman–Crippen MR) is 395 cm³/mol. The minimum Gasteiger partial charge on any atom is -0.310 e. The Balaban J connectivity index is 0.952. The largest absolute Gasteiger partial charge is 0.310 e. The quantitative estimate of drug-likeness (QED) is 0.118. The molecule has 0 unspecified atom stereocenters. The van der Waals surface area contributed by atoms with Crippen molar-refractivity contribution in [3.63, 3.8) is 0 Å². The molecule has 0 fully saturated rings. The highest BCUT2D eigenvalue weighted by atomic mass is 15.1. The van der Waals surface area contributed by atoms with E-state index in [-0.39, 0.29) is 0 Å². The highest BCUT2D eigenvalue weighted by molar-refractivity contribution is 6.51. The molecule has 0 bridgehead atoms. The Labute approximate surface area is 530 Å². The number of nitrogens with zero attached hydrogens (tertiary/aromatic N) is 1. The van der Waals surface area contributed by atoms with Gasteiger partial charge in [0.05, 0.1) is 0 Å². The first-order valence-electron chi connectivity index (χ1n) is 32.4. The predicted octanol–water partition coefficient (Wildman–Crippen LogP) is 25.9. The van der Waals surface area contributed by atoms with E-state index in [0.29, 0.717) is 0 Å². The van der Waals surface area contributed by atoms with Gasteiger partial charge in [0.2, 0.25) is 0 Å². The lowest BCUT2D eigenvalue weighted by atomic mass is 9.81. The van der Waals surface area contributed by atoms with Gasteiger partial charge >= 0.3 is 0 Å². The fraction of sp³-hybridized carbons (Fsp3) is 0.111. The molecule has 1 aliphatic carbocycles. The minimum atomic E-state index is 1.16. The molecule has 1 aliphatic rings. The van der Waals surface area contributed by atoms with Gasteiger partial charge in [-0.1, -0.05) is 197 Å². The molecular weight excluding hydrogens is 1090 g/mol. The highest BCUT2D eigenvalue weighted by Crippen LogP contribution is 2.62. The van der Waals surface area contributed by atoms with E-state index in [2.05, 4.69) is 286 Å². The maximum absolute atomic E-state index is 2.54. The monoisotopic (exact) mass is 1160 g/mol. The molecule has 1 heteroatoms. The Hall–Kier alpha value is -10.6. The average molecular weight is 1160 g/mol. The van der Waals surface area contributed by atoms with Crippen molar-refractivity contribution in [2.75, 3.05) is 4.90 Å². The van der Waals surface area contributed by atoms with E-state index >= 15 is 0 Å². The normalized spacial score (nSPS) is 12.5. The topological polar surface area (TPSA) is 3.24 Å². The summed E-state index contributed by atoms with van der Waals surface area (Å²) in [4.78, 5) is 2.53. The third kappa shape index (κ3) is 7.29. The molecule has 91 heavy (non-hydrogen) atoms. The van der Waals surface area contributed by atoms with E-state index in [1.54, 1.807) is 0 Å². The number of fused-ring (bicyclic) bond motifs is 14. The van der Waals surface area contributed by atoms with E-state index in [1.807, 2.05) is 0 Å². The summed E-state index contributed by atoms with van der Waals surface area (Å²) >= 11 is 0. The second-order valence-corrected chi connectivity index (χ2v) is 27.5. The van der Waals surface area contributed by atoms with E-state index in [9.17, 15) is 0 Å². The molecule has 0 heterocycles. The molecule has 0 radical (unpaired) electrons. The van der Waals surface area contributed by atoms with Gasteiger partial charge in [-0.25, -0.2) is 0 Å². The second kappa shape index (κ2) is 18.5. The summed E-state index contributed by atoms with van der Waals surface area (Å²) in [5.41, 5.74) is 29.1. The lowest BCUT2D eigenvalue weighted by Gasteiger charge is -2.28. The van der Waals surface area contributed by atoms with Crippen LogP contribution in [0.1, 0.15) is 55.6 Å². The van der Waals surface area contributed by atoms with Gasteiger partial charge in [-0.05, 0) is 314 Å². The van der Waals surface area contributed by atoms with Crippen molar-refractivity contribution in [3.8, 4) is 55.6 Å². The van der Waals surface area contributed by atoms with Gasteiger partial charge in [0.15, 0.2) is 0 Å². The number of hydrogen-bond acceptors (Lipinski definition) is 1. The van der Waals surface area contributed by atoms with Gasteiger partial charge in [0.1, 0.15) is 0 Å². The number of aryl methyl sites for hydroxylation is 10. The fourth-order valence-electron chi connectivity index (χ4n) is 17.8. The van der Waals surface area contributed by atoms with E-state index < -0.39 is 0 Å². The number of benzene rings is 16. The van der Waals surface area contributed by atoms with Crippen LogP contribution in [-0.2, 0) is 0 Å². The minimum absolute atomic E-state index is 1.16. The molecule has 0 saturated heterocycles. The summed E-state index contributed by atoms with van der Waals surface area (Å²) in [6.07, 6.45) is 0. The molecule has 0 aromatic heterocycles. The molecule has 430 valence electrons. The van der Waals surface area contributed by atoms with Crippen molar-refractivity contribution in [2.24, 2.45) is 0 Å².